The van der Waals surface area contributed by atoms with E-state index in [2.05, 4.69) is 5.10 Å². The molecule has 0 radical (unpaired) electrons. The Hall–Kier alpha value is -3.75. The highest BCUT2D eigenvalue weighted by Crippen LogP contribution is 2.34. The minimum Gasteiger partial charge on any atom is -0.318 e. The third-order valence-corrected chi connectivity index (χ3v) is 6.05. The molecule has 34 heavy (non-hydrogen) atoms. The Morgan fingerprint density at radius 1 is 0.853 bits per heavy atom. The molecule has 4 nitrogen and oxygen atoms in total. The molecule has 1 aliphatic heterocycles. The van der Waals surface area contributed by atoms with Crippen molar-refractivity contribution >= 4 is 23.4 Å². The Bertz CT molecular complexity index is 1410. The van der Waals surface area contributed by atoms with Crippen molar-refractivity contribution in [3.8, 4) is 5.69 Å². The third kappa shape index (κ3) is 3.43. The van der Waals surface area contributed by atoms with Gasteiger partial charge in [0.2, 0.25) is 5.82 Å². The number of rotatable bonds is 3. The largest absolute Gasteiger partial charge is 0.318 e. The zero-order valence-electron chi connectivity index (χ0n) is 19.0. The van der Waals surface area contributed by atoms with Gasteiger partial charge in [0.05, 0.1) is 11.3 Å². The lowest BCUT2D eigenvalue weighted by Crippen LogP contribution is -2.25. The fraction of sp³-hybridized carbons (Fsp3) is 0.200. The molecule has 1 aromatic heterocycles. The Morgan fingerprint density at radius 3 is 2.06 bits per heavy atom. The number of anilines is 1. The number of amides is 1. The van der Waals surface area contributed by atoms with E-state index >= 15 is 0 Å². The summed E-state index contributed by atoms with van der Waals surface area (Å²) in [6.07, 6.45) is 1.50. The number of hydrazone groups is 1. The molecule has 3 aromatic rings. The summed E-state index contributed by atoms with van der Waals surface area (Å²) in [5.74, 6) is -11.9. The number of carbonyl (C=O) groups is 1. The summed E-state index contributed by atoms with van der Waals surface area (Å²) < 4.78 is 71.4. The van der Waals surface area contributed by atoms with E-state index in [0.717, 1.165) is 28.2 Å². The molecule has 2 aromatic carbocycles. The second-order valence-corrected chi connectivity index (χ2v) is 8.16. The number of aromatic nitrogens is 1. The van der Waals surface area contributed by atoms with E-state index in [1.165, 1.54) is 13.0 Å². The third-order valence-electron chi connectivity index (χ3n) is 6.05. The maximum Gasteiger partial charge on any atom is 0.280 e. The average Bonchev–Trinajstić information content (AvgIpc) is 3.23. The van der Waals surface area contributed by atoms with Gasteiger partial charge in [-0.2, -0.15) is 10.1 Å². The van der Waals surface area contributed by atoms with Gasteiger partial charge in [-0.3, -0.25) is 4.79 Å². The lowest BCUT2D eigenvalue weighted by molar-refractivity contribution is -0.114. The van der Waals surface area contributed by atoms with E-state index < -0.39 is 40.7 Å². The monoisotopic (exact) mass is 473 g/mol. The fourth-order valence-corrected chi connectivity index (χ4v) is 4.05. The van der Waals surface area contributed by atoms with Crippen molar-refractivity contribution in [2.45, 2.75) is 34.6 Å². The first-order chi connectivity index (χ1) is 16.0. The highest BCUT2D eigenvalue weighted by Gasteiger charge is 2.37. The highest BCUT2D eigenvalue weighted by atomic mass is 19.2. The number of nitrogens with zero attached hydrogens (tertiary/aromatic N) is 3. The first kappa shape index (κ1) is 23.4. The maximum atomic E-state index is 14.3. The van der Waals surface area contributed by atoms with E-state index in [4.69, 9.17) is 0 Å². The van der Waals surface area contributed by atoms with Gasteiger partial charge in [0.15, 0.2) is 23.3 Å². The van der Waals surface area contributed by atoms with Crippen LogP contribution < -0.4 is 5.01 Å². The van der Waals surface area contributed by atoms with Gasteiger partial charge in [0.25, 0.3) is 5.91 Å². The lowest BCUT2D eigenvalue weighted by Gasteiger charge is -2.15. The number of benzene rings is 2. The van der Waals surface area contributed by atoms with Crippen LogP contribution in [-0.4, -0.2) is 16.2 Å². The minimum atomic E-state index is -2.30. The summed E-state index contributed by atoms with van der Waals surface area (Å²) in [4.78, 5) is 13.0. The summed E-state index contributed by atoms with van der Waals surface area (Å²) in [5, 5.41) is 3.99. The van der Waals surface area contributed by atoms with E-state index in [-0.39, 0.29) is 16.3 Å². The maximum absolute atomic E-state index is 14.3. The molecule has 176 valence electrons. The Labute approximate surface area is 192 Å². The molecule has 0 saturated heterocycles. The summed E-state index contributed by atoms with van der Waals surface area (Å²) in [5.41, 5.74) is 4.12. The number of hydrogen-bond donors (Lipinski definition) is 0. The molecular formula is C25H20F5N3O. The second-order valence-electron chi connectivity index (χ2n) is 8.16. The molecule has 0 spiro atoms. The quantitative estimate of drug-likeness (QED) is 0.193. The van der Waals surface area contributed by atoms with Gasteiger partial charge in [-0.05, 0) is 69.5 Å². The van der Waals surface area contributed by atoms with Gasteiger partial charge in [0, 0.05) is 17.1 Å². The second kappa shape index (κ2) is 8.23. The van der Waals surface area contributed by atoms with Crippen LogP contribution in [-0.2, 0) is 4.79 Å². The van der Waals surface area contributed by atoms with Crippen molar-refractivity contribution in [2.24, 2.45) is 5.10 Å². The number of hydrogen-bond acceptors (Lipinski definition) is 2. The van der Waals surface area contributed by atoms with Crippen molar-refractivity contribution < 1.29 is 26.7 Å². The van der Waals surface area contributed by atoms with Crippen LogP contribution in [0.3, 0.4) is 0 Å². The van der Waals surface area contributed by atoms with E-state index in [9.17, 15) is 26.7 Å². The molecule has 0 saturated carbocycles. The summed E-state index contributed by atoms with van der Waals surface area (Å²) >= 11 is 0. The Morgan fingerprint density at radius 2 is 1.44 bits per heavy atom. The predicted molar refractivity (Wildman–Crippen MR) is 120 cm³/mol. The standard InChI is InChI=1S/C25H20F5N3O/c1-11-7-6-8-18(13(11)3)32-12(2)9-16(15(32)5)10-17-14(4)31-33(25(17)34)24-22(29)20(27)19(26)21(28)23(24)30/h6-10H,1-5H3/b17-10+. The van der Waals surface area contributed by atoms with Crippen molar-refractivity contribution in [3.63, 3.8) is 0 Å². The molecule has 2 heterocycles. The van der Waals surface area contributed by atoms with Crippen molar-refractivity contribution in [1.29, 1.82) is 0 Å². The molecule has 0 aliphatic carbocycles. The molecular weight excluding hydrogens is 453 g/mol. The zero-order valence-corrected chi connectivity index (χ0v) is 19.0. The SMILES string of the molecule is CC1=NN(c2c(F)c(F)c(F)c(F)c2F)C(=O)/C1=C/c1cc(C)n(-c2cccc(C)c2C)c1C. The molecule has 1 amide bonds. The average molecular weight is 473 g/mol. The van der Waals surface area contributed by atoms with Gasteiger partial charge in [-0.25, -0.2) is 22.0 Å². The normalized spacial score (nSPS) is 15.0. The highest BCUT2D eigenvalue weighted by molar-refractivity contribution is 6.32. The molecule has 0 N–H and O–H groups in total. The topological polar surface area (TPSA) is 37.6 Å². The molecule has 0 atom stereocenters. The van der Waals surface area contributed by atoms with E-state index in [1.807, 2.05) is 56.5 Å². The summed E-state index contributed by atoms with van der Waals surface area (Å²) in [7, 11) is 0. The Balaban J connectivity index is 1.80. The Kier molecular flexibility index (Phi) is 5.67. The molecule has 4 rings (SSSR count). The summed E-state index contributed by atoms with van der Waals surface area (Å²) in [6.45, 7) is 9.17. The van der Waals surface area contributed by atoms with Gasteiger partial charge in [0.1, 0.15) is 5.69 Å². The molecule has 0 fully saturated rings. The first-order valence-corrected chi connectivity index (χ1v) is 10.3. The predicted octanol–water partition coefficient (Wildman–Crippen LogP) is 6.21. The smallest absolute Gasteiger partial charge is 0.280 e. The van der Waals surface area contributed by atoms with E-state index in [0.29, 0.717) is 5.56 Å². The summed E-state index contributed by atoms with van der Waals surface area (Å²) in [6, 6.07) is 7.75. The van der Waals surface area contributed by atoms with Crippen molar-refractivity contribution in [1.82, 2.24) is 4.57 Å². The lowest BCUT2D eigenvalue weighted by atomic mass is 10.1. The molecule has 1 aliphatic rings. The number of aryl methyl sites for hydroxylation is 2. The van der Waals surface area contributed by atoms with Crippen molar-refractivity contribution in [2.75, 3.05) is 5.01 Å². The van der Waals surface area contributed by atoms with Crippen LogP contribution in [0.1, 0.15) is 35.0 Å². The van der Waals surface area contributed by atoms with E-state index in [1.54, 1.807) is 0 Å². The van der Waals surface area contributed by atoms with Crippen LogP contribution in [0.25, 0.3) is 11.8 Å². The molecule has 9 heteroatoms. The van der Waals surface area contributed by atoms with Gasteiger partial charge >= 0.3 is 0 Å². The zero-order chi connectivity index (χ0) is 25.1. The van der Waals surface area contributed by atoms with Crippen LogP contribution in [0.15, 0.2) is 34.9 Å². The van der Waals surface area contributed by atoms with Crippen LogP contribution >= 0.6 is 0 Å². The minimum absolute atomic E-state index is 0.0230. The van der Waals surface area contributed by atoms with Crippen LogP contribution in [0.2, 0.25) is 0 Å². The number of carbonyl (C=O) groups excluding carboxylic acids is 1. The van der Waals surface area contributed by atoms with Crippen LogP contribution in [0.5, 0.6) is 0 Å². The van der Waals surface area contributed by atoms with Crippen molar-refractivity contribution in [3.05, 3.63) is 87.0 Å². The van der Waals surface area contributed by atoms with Crippen LogP contribution in [0, 0.1) is 56.8 Å². The van der Waals surface area contributed by atoms with Gasteiger partial charge in [-0.1, -0.05) is 12.1 Å². The fourth-order valence-electron chi connectivity index (χ4n) is 4.05. The molecule has 0 unspecified atom stereocenters. The molecule has 0 bridgehead atoms. The number of halogens is 5. The first-order valence-electron chi connectivity index (χ1n) is 10.3. The van der Waals surface area contributed by atoms with Crippen LogP contribution in [0.4, 0.5) is 27.6 Å². The van der Waals surface area contributed by atoms with Gasteiger partial charge in [-0.15, -0.1) is 0 Å². The van der Waals surface area contributed by atoms with Gasteiger partial charge < -0.3 is 4.57 Å².